The van der Waals surface area contributed by atoms with E-state index in [1.165, 1.54) is 0 Å². The first-order chi connectivity index (χ1) is 6.60. The zero-order valence-corrected chi connectivity index (χ0v) is 8.39. The molecule has 0 aromatic carbocycles. The summed E-state index contributed by atoms with van der Waals surface area (Å²) in [5, 5.41) is 0.126. The predicted molar refractivity (Wildman–Crippen MR) is 47.2 cm³/mol. The van der Waals surface area contributed by atoms with Crippen molar-refractivity contribution in [2.24, 2.45) is 0 Å². The van der Waals surface area contributed by atoms with Crippen LogP contribution in [-0.4, -0.2) is 11.3 Å². The number of carbonyl (C=O) groups is 1. The molecule has 0 radical (unpaired) electrons. The molecule has 0 fully saturated rings. The molecule has 1 aromatic heterocycles. The summed E-state index contributed by atoms with van der Waals surface area (Å²) in [5.41, 5.74) is -0.842. The third-order valence-electron chi connectivity index (χ3n) is 1.58. The molecule has 2 nitrogen and oxygen atoms in total. The highest BCUT2D eigenvalue weighted by Gasteiger charge is 2.18. The molecular weight excluding hydrogens is 263 g/mol. The summed E-state index contributed by atoms with van der Waals surface area (Å²) in [5.74, 6) is -1.16. The van der Waals surface area contributed by atoms with Crippen LogP contribution in [0.2, 0.25) is 0 Å². The van der Waals surface area contributed by atoms with E-state index in [0.29, 0.717) is 6.29 Å². The van der Waals surface area contributed by atoms with E-state index in [1.54, 1.807) is 0 Å². The molecule has 0 aliphatic heterocycles. The Morgan fingerprint density at radius 3 is 2.64 bits per heavy atom. The van der Waals surface area contributed by atoms with Crippen molar-refractivity contribution in [1.29, 1.82) is 0 Å². The fourth-order valence-electron chi connectivity index (χ4n) is 0.919. The lowest BCUT2D eigenvalue weighted by atomic mass is 10.2. The monoisotopic (exact) mass is 267 g/mol. The van der Waals surface area contributed by atoms with Crippen molar-refractivity contribution < 1.29 is 18.0 Å². The van der Waals surface area contributed by atoms with E-state index in [9.17, 15) is 18.0 Å². The van der Waals surface area contributed by atoms with Crippen molar-refractivity contribution in [2.45, 2.75) is 11.8 Å². The van der Waals surface area contributed by atoms with Gasteiger partial charge in [-0.25, -0.2) is 18.2 Å². The normalized spacial score (nSPS) is 10.6. The first-order valence-corrected chi connectivity index (χ1v) is 4.71. The lowest BCUT2D eigenvalue weighted by molar-refractivity contribution is 0.111. The first-order valence-electron chi connectivity index (χ1n) is 3.58. The summed E-state index contributed by atoms with van der Waals surface area (Å²) in [4.78, 5) is 13.8. The van der Waals surface area contributed by atoms with Gasteiger partial charge in [0.15, 0.2) is 12.1 Å². The molecule has 0 spiro atoms. The van der Waals surface area contributed by atoms with Crippen molar-refractivity contribution >= 4 is 22.2 Å². The highest BCUT2D eigenvalue weighted by molar-refractivity contribution is 9.08. The third-order valence-corrected chi connectivity index (χ3v) is 2.11. The van der Waals surface area contributed by atoms with E-state index in [-0.39, 0.29) is 16.6 Å². The van der Waals surface area contributed by atoms with Crippen LogP contribution < -0.4 is 0 Å². The molecule has 76 valence electrons. The average molecular weight is 268 g/mol. The van der Waals surface area contributed by atoms with Crippen LogP contribution in [0.4, 0.5) is 13.2 Å². The van der Waals surface area contributed by atoms with Gasteiger partial charge in [0.2, 0.25) is 0 Å². The van der Waals surface area contributed by atoms with E-state index in [1.807, 2.05) is 0 Å². The van der Waals surface area contributed by atoms with Gasteiger partial charge < -0.3 is 0 Å². The number of alkyl halides is 3. The molecule has 1 rings (SSSR count). The zero-order chi connectivity index (χ0) is 10.7. The maximum atomic E-state index is 12.9. The van der Waals surface area contributed by atoms with Crippen LogP contribution in [0.1, 0.15) is 28.2 Å². The van der Waals surface area contributed by atoms with Crippen molar-refractivity contribution in [2.75, 3.05) is 0 Å². The van der Waals surface area contributed by atoms with E-state index < -0.39 is 17.9 Å². The molecule has 0 aliphatic carbocycles. The molecule has 0 N–H and O–H groups in total. The maximum Gasteiger partial charge on any atom is 0.283 e. The Hall–Kier alpha value is -0.910. The van der Waals surface area contributed by atoms with Gasteiger partial charge in [0.05, 0.1) is 5.69 Å². The summed E-state index contributed by atoms with van der Waals surface area (Å²) >= 11 is 2.97. The molecule has 0 saturated carbocycles. The van der Waals surface area contributed by atoms with Crippen LogP contribution in [0, 0.1) is 5.82 Å². The van der Waals surface area contributed by atoms with Crippen LogP contribution in [0.25, 0.3) is 0 Å². The highest BCUT2D eigenvalue weighted by atomic mass is 79.9. The standard InChI is InChI=1S/C8H5BrF3NO/c9-2-6-4(3-14)1-5(10)7(13-6)8(11)12/h1,3,8H,2H2. The number of nitrogens with zero attached hydrogens (tertiary/aromatic N) is 1. The Morgan fingerprint density at radius 1 is 1.57 bits per heavy atom. The minimum Gasteiger partial charge on any atom is -0.298 e. The first kappa shape index (κ1) is 11.2. The lowest BCUT2D eigenvalue weighted by Gasteiger charge is -2.05. The largest absolute Gasteiger partial charge is 0.298 e. The van der Waals surface area contributed by atoms with Gasteiger partial charge in [0.1, 0.15) is 5.69 Å². The van der Waals surface area contributed by atoms with Crippen molar-refractivity contribution in [3.8, 4) is 0 Å². The Bertz CT molecular complexity index is 357. The number of pyridine rings is 1. The summed E-state index contributed by atoms with van der Waals surface area (Å²) in [6.07, 6.45) is -2.60. The maximum absolute atomic E-state index is 12.9. The number of halogens is 4. The Morgan fingerprint density at radius 2 is 2.21 bits per heavy atom. The third kappa shape index (κ3) is 2.12. The van der Waals surface area contributed by atoms with Crippen LogP contribution in [-0.2, 0) is 5.33 Å². The second kappa shape index (κ2) is 4.54. The number of rotatable bonds is 3. The van der Waals surface area contributed by atoms with E-state index in [2.05, 4.69) is 20.9 Å². The SMILES string of the molecule is O=Cc1cc(F)c(C(F)F)nc1CBr. The van der Waals surface area contributed by atoms with Crippen LogP contribution >= 0.6 is 15.9 Å². The second-order valence-corrected chi connectivity index (χ2v) is 3.00. The Labute approximate surface area is 86.3 Å². The van der Waals surface area contributed by atoms with Crippen molar-refractivity contribution in [3.63, 3.8) is 0 Å². The highest BCUT2D eigenvalue weighted by Crippen LogP contribution is 2.22. The molecule has 0 aliphatic rings. The second-order valence-electron chi connectivity index (χ2n) is 2.44. The van der Waals surface area contributed by atoms with Gasteiger partial charge in [-0.1, -0.05) is 15.9 Å². The van der Waals surface area contributed by atoms with Gasteiger partial charge in [-0.2, -0.15) is 0 Å². The fourth-order valence-corrected chi connectivity index (χ4v) is 1.37. The van der Waals surface area contributed by atoms with Gasteiger partial charge in [-0.15, -0.1) is 0 Å². The number of carbonyl (C=O) groups excluding carboxylic acids is 1. The Kier molecular flexibility index (Phi) is 3.62. The number of aldehydes is 1. The Balaban J connectivity index is 3.30. The molecule has 1 heterocycles. The quantitative estimate of drug-likeness (QED) is 0.623. The summed E-state index contributed by atoms with van der Waals surface area (Å²) in [6.45, 7) is 0. The van der Waals surface area contributed by atoms with Crippen molar-refractivity contribution in [1.82, 2.24) is 4.98 Å². The molecule has 0 bridgehead atoms. The van der Waals surface area contributed by atoms with Crippen LogP contribution in [0.5, 0.6) is 0 Å². The van der Waals surface area contributed by atoms with Gasteiger partial charge in [-0.3, -0.25) is 4.79 Å². The summed E-state index contributed by atoms with van der Waals surface area (Å²) in [7, 11) is 0. The van der Waals surface area contributed by atoms with Crippen LogP contribution in [0.3, 0.4) is 0 Å². The van der Waals surface area contributed by atoms with Gasteiger partial charge in [0.25, 0.3) is 6.43 Å². The molecular formula is C8H5BrF3NO. The molecule has 14 heavy (non-hydrogen) atoms. The van der Waals surface area contributed by atoms with E-state index in [0.717, 1.165) is 6.07 Å². The average Bonchev–Trinajstić information content (AvgIpc) is 2.16. The fraction of sp³-hybridized carbons (Fsp3) is 0.250. The van der Waals surface area contributed by atoms with Gasteiger partial charge in [-0.05, 0) is 6.07 Å². The zero-order valence-electron chi connectivity index (χ0n) is 6.81. The molecule has 1 aromatic rings. The molecule has 0 unspecified atom stereocenters. The molecule has 0 amide bonds. The predicted octanol–water partition coefficient (Wildman–Crippen LogP) is 2.87. The van der Waals surface area contributed by atoms with Gasteiger partial charge >= 0.3 is 0 Å². The number of hydrogen-bond donors (Lipinski definition) is 0. The topological polar surface area (TPSA) is 30.0 Å². The summed E-state index contributed by atoms with van der Waals surface area (Å²) in [6, 6.07) is 0.762. The number of hydrogen-bond acceptors (Lipinski definition) is 2. The molecule has 0 atom stereocenters. The molecule has 0 saturated heterocycles. The minimum absolute atomic E-state index is 0.0243. The smallest absolute Gasteiger partial charge is 0.283 e. The van der Waals surface area contributed by atoms with Crippen molar-refractivity contribution in [3.05, 3.63) is 28.8 Å². The van der Waals surface area contributed by atoms with E-state index in [4.69, 9.17) is 0 Å². The lowest BCUT2D eigenvalue weighted by Crippen LogP contribution is -2.03. The number of aromatic nitrogens is 1. The molecule has 6 heteroatoms. The van der Waals surface area contributed by atoms with Crippen LogP contribution in [0.15, 0.2) is 6.07 Å². The minimum atomic E-state index is -2.98. The van der Waals surface area contributed by atoms with E-state index >= 15 is 0 Å². The van der Waals surface area contributed by atoms with Gasteiger partial charge in [0, 0.05) is 10.9 Å². The summed E-state index contributed by atoms with van der Waals surface area (Å²) < 4.78 is 37.2.